The highest BCUT2D eigenvalue weighted by Gasteiger charge is 2.21. The maximum atomic E-state index is 6.16. The Balaban J connectivity index is 2.37. The van der Waals surface area contributed by atoms with E-state index in [-0.39, 0.29) is 6.04 Å². The van der Waals surface area contributed by atoms with Crippen molar-refractivity contribution in [3.8, 4) is 0 Å². The molecule has 6 heteroatoms. The summed E-state index contributed by atoms with van der Waals surface area (Å²) in [6, 6.07) is 5.82. The fraction of sp³-hybridized carbons (Fsp3) is 0.400. The number of thiazole rings is 1. The minimum absolute atomic E-state index is 0.00521. The van der Waals surface area contributed by atoms with Gasteiger partial charge in [0.1, 0.15) is 5.01 Å². The van der Waals surface area contributed by atoms with Crippen LogP contribution in [0.3, 0.4) is 0 Å². The number of aromatic nitrogens is 1. The molecule has 1 atom stereocenters. The molecule has 0 aliphatic rings. The number of ether oxygens (including phenoxy) is 1. The fourth-order valence-electron chi connectivity index (χ4n) is 1.99. The number of rotatable bonds is 6. The van der Waals surface area contributed by atoms with Gasteiger partial charge in [0.2, 0.25) is 0 Å². The second kappa shape index (κ2) is 7.70. The van der Waals surface area contributed by atoms with Gasteiger partial charge in [-0.3, -0.25) is 0 Å². The van der Waals surface area contributed by atoms with Crippen LogP contribution in [0.25, 0.3) is 0 Å². The van der Waals surface area contributed by atoms with E-state index < -0.39 is 0 Å². The molecular formula is C15H18BrClN2OS. The summed E-state index contributed by atoms with van der Waals surface area (Å²) in [5.41, 5.74) is 2.17. The Hall–Kier alpha value is -0.460. The molecule has 3 nitrogen and oxygen atoms in total. The van der Waals surface area contributed by atoms with E-state index in [0.717, 1.165) is 32.3 Å². The molecule has 1 unspecified atom stereocenters. The highest BCUT2D eigenvalue weighted by Crippen LogP contribution is 2.33. The molecule has 1 aromatic heterocycles. The minimum atomic E-state index is 0.00521. The molecule has 21 heavy (non-hydrogen) atoms. The number of nitrogens with zero attached hydrogens (tertiary/aromatic N) is 1. The monoisotopic (exact) mass is 388 g/mol. The van der Waals surface area contributed by atoms with E-state index in [0.29, 0.717) is 6.61 Å². The molecule has 0 aliphatic heterocycles. The minimum Gasteiger partial charge on any atom is -0.383 e. The highest BCUT2D eigenvalue weighted by atomic mass is 79.9. The summed E-state index contributed by atoms with van der Waals surface area (Å²) in [6.45, 7) is 5.53. The van der Waals surface area contributed by atoms with Crippen molar-refractivity contribution in [1.82, 2.24) is 10.3 Å². The lowest BCUT2D eigenvalue weighted by Crippen LogP contribution is -2.26. The molecule has 0 spiro atoms. The number of halogens is 2. The molecule has 2 rings (SSSR count). The van der Waals surface area contributed by atoms with Crippen LogP contribution >= 0.6 is 38.9 Å². The Morgan fingerprint density at radius 2 is 2.19 bits per heavy atom. The molecule has 0 bridgehead atoms. The topological polar surface area (TPSA) is 34.1 Å². The third-order valence-electron chi connectivity index (χ3n) is 3.22. The summed E-state index contributed by atoms with van der Waals surface area (Å²) in [6.07, 6.45) is 0. The lowest BCUT2D eigenvalue weighted by Gasteiger charge is -2.18. The first-order valence-corrected chi connectivity index (χ1v) is 8.63. The van der Waals surface area contributed by atoms with Crippen molar-refractivity contribution in [1.29, 1.82) is 0 Å². The molecule has 0 fully saturated rings. The first-order chi connectivity index (χ1) is 10.0. The molecule has 0 radical (unpaired) electrons. The van der Waals surface area contributed by atoms with Crippen LogP contribution in [0.15, 0.2) is 22.7 Å². The van der Waals surface area contributed by atoms with Gasteiger partial charge in [0.25, 0.3) is 0 Å². The van der Waals surface area contributed by atoms with E-state index in [1.54, 1.807) is 18.4 Å². The van der Waals surface area contributed by atoms with Gasteiger partial charge in [0.15, 0.2) is 0 Å². The Kier molecular flexibility index (Phi) is 6.20. The predicted molar refractivity (Wildman–Crippen MR) is 92.5 cm³/mol. The maximum Gasteiger partial charge on any atom is 0.115 e. The molecule has 2 aromatic rings. The van der Waals surface area contributed by atoms with Crippen LogP contribution in [0.1, 0.15) is 27.2 Å². The van der Waals surface area contributed by atoms with Gasteiger partial charge < -0.3 is 10.1 Å². The smallest absolute Gasteiger partial charge is 0.115 e. The Labute approximate surface area is 142 Å². The van der Waals surface area contributed by atoms with Crippen molar-refractivity contribution in [2.24, 2.45) is 0 Å². The molecule has 0 aliphatic carbocycles. The van der Waals surface area contributed by atoms with Crippen LogP contribution in [-0.4, -0.2) is 25.2 Å². The fourth-order valence-corrected chi connectivity index (χ4v) is 3.67. The van der Waals surface area contributed by atoms with E-state index in [4.69, 9.17) is 16.3 Å². The van der Waals surface area contributed by atoms with Crippen LogP contribution in [0.4, 0.5) is 0 Å². The molecule has 1 heterocycles. The Morgan fingerprint density at radius 3 is 2.81 bits per heavy atom. The molecule has 1 aromatic carbocycles. The third kappa shape index (κ3) is 4.27. The van der Waals surface area contributed by atoms with Crippen LogP contribution in [0.2, 0.25) is 5.02 Å². The zero-order chi connectivity index (χ0) is 15.4. The second-order valence-electron chi connectivity index (χ2n) is 4.74. The molecular weight excluding hydrogens is 372 g/mol. The Bertz CT molecular complexity index is 598. The maximum absolute atomic E-state index is 6.16. The van der Waals surface area contributed by atoms with Gasteiger partial charge in [0, 0.05) is 28.0 Å². The zero-order valence-electron chi connectivity index (χ0n) is 12.2. The summed E-state index contributed by atoms with van der Waals surface area (Å²) >= 11 is 11.5. The van der Waals surface area contributed by atoms with Crippen molar-refractivity contribution < 1.29 is 4.74 Å². The van der Waals surface area contributed by atoms with E-state index in [1.165, 1.54) is 4.88 Å². The van der Waals surface area contributed by atoms with E-state index in [2.05, 4.69) is 33.2 Å². The van der Waals surface area contributed by atoms with Gasteiger partial charge in [0.05, 0.1) is 18.3 Å². The molecule has 1 N–H and O–H groups in total. The summed E-state index contributed by atoms with van der Waals surface area (Å²) in [7, 11) is 1.70. The predicted octanol–water partition coefficient (Wildman–Crippen LogP) is 4.50. The third-order valence-corrected chi connectivity index (χ3v) is 5.31. The van der Waals surface area contributed by atoms with Gasteiger partial charge in [-0.25, -0.2) is 4.98 Å². The lowest BCUT2D eigenvalue weighted by molar-refractivity contribution is 0.197. The molecule has 0 amide bonds. The van der Waals surface area contributed by atoms with Gasteiger partial charge in [-0.1, -0.05) is 27.5 Å². The standard InChI is InChI=1S/C15H18BrClN2OS/c1-9-10(2)21-15(19-9)14(18-6-7-20-3)12-8-11(17)4-5-13(12)16/h4-5,8,14,18H,6-7H2,1-3H3. The van der Waals surface area contributed by atoms with Crippen LogP contribution in [0.5, 0.6) is 0 Å². The van der Waals surface area contributed by atoms with Crippen molar-refractivity contribution in [2.75, 3.05) is 20.3 Å². The van der Waals surface area contributed by atoms with E-state index >= 15 is 0 Å². The number of methoxy groups -OCH3 is 1. The van der Waals surface area contributed by atoms with Crippen molar-refractivity contribution in [3.05, 3.63) is 48.8 Å². The van der Waals surface area contributed by atoms with Gasteiger partial charge in [-0.05, 0) is 37.6 Å². The number of hydrogen-bond donors (Lipinski definition) is 1. The van der Waals surface area contributed by atoms with Crippen molar-refractivity contribution in [3.63, 3.8) is 0 Å². The lowest BCUT2D eigenvalue weighted by atomic mass is 10.1. The van der Waals surface area contributed by atoms with Crippen LogP contribution in [0, 0.1) is 13.8 Å². The average Bonchev–Trinajstić information content (AvgIpc) is 2.78. The van der Waals surface area contributed by atoms with Gasteiger partial charge >= 0.3 is 0 Å². The quantitative estimate of drug-likeness (QED) is 0.739. The second-order valence-corrected chi connectivity index (χ2v) is 7.27. The normalized spacial score (nSPS) is 12.6. The SMILES string of the molecule is COCCNC(c1nc(C)c(C)s1)c1cc(Cl)ccc1Br. The first-order valence-electron chi connectivity index (χ1n) is 6.64. The molecule has 0 saturated carbocycles. The van der Waals surface area contributed by atoms with Crippen LogP contribution < -0.4 is 5.32 Å². The van der Waals surface area contributed by atoms with E-state index in [9.17, 15) is 0 Å². The summed E-state index contributed by atoms with van der Waals surface area (Å²) in [4.78, 5) is 5.93. The highest BCUT2D eigenvalue weighted by molar-refractivity contribution is 9.10. The summed E-state index contributed by atoms with van der Waals surface area (Å²) in [5.74, 6) is 0. The summed E-state index contributed by atoms with van der Waals surface area (Å²) in [5, 5.41) is 5.26. The number of benzene rings is 1. The number of hydrogen-bond acceptors (Lipinski definition) is 4. The first kappa shape index (κ1) is 16.9. The van der Waals surface area contributed by atoms with Crippen molar-refractivity contribution in [2.45, 2.75) is 19.9 Å². The summed E-state index contributed by atoms with van der Waals surface area (Å²) < 4.78 is 6.15. The molecule has 0 saturated heterocycles. The molecule has 114 valence electrons. The number of aryl methyl sites for hydroxylation is 2. The zero-order valence-corrected chi connectivity index (χ0v) is 15.4. The largest absolute Gasteiger partial charge is 0.383 e. The Morgan fingerprint density at radius 1 is 1.43 bits per heavy atom. The van der Waals surface area contributed by atoms with Crippen LogP contribution in [-0.2, 0) is 4.74 Å². The van der Waals surface area contributed by atoms with E-state index in [1.807, 2.05) is 25.1 Å². The van der Waals surface area contributed by atoms with Gasteiger partial charge in [-0.2, -0.15) is 0 Å². The van der Waals surface area contributed by atoms with Crippen molar-refractivity contribution >= 4 is 38.9 Å². The van der Waals surface area contributed by atoms with Gasteiger partial charge in [-0.15, -0.1) is 11.3 Å². The number of nitrogens with one attached hydrogen (secondary N) is 1. The average molecular weight is 390 g/mol.